The van der Waals surface area contributed by atoms with E-state index in [1.807, 2.05) is 6.07 Å². The van der Waals surface area contributed by atoms with E-state index >= 15 is 0 Å². The highest BCUT2D eigenvalue weighted by molar-refractivity contribution is 7.99. The third-order valence-electron chi connectivity index (χ3n) is 2.16. The molecule has 2 aromatic rings. The van der Waals surface area contributed by atoms with E-state index in [4.69, 9.17) is 9.84 Å². The maximum Gasteiger partial charge on any atom is 0.313 e. The standard InChI is InChI=1S/C10H11N5O3S/c1-18-8-4-7(2-3-11-8)5-15-10(12-13-14-15)19-6-9(16)17/h2-4H,5-6H2,1H3,(H,16,17). The number of carbonyl (C=O) groups is 1. The molecule has 0 amide bonds. The molecule has 2 rings (SSSR count). The summed E-state index contributed by atoms with van der Waals surface area (Å²) in [5.74, 6) is -0.490. The van der Waals surface area contributed by atoms with E-state index in [9.17, 15) is 4.79 Å². The summed E-state index contributed by atoms with van der Waals surface area (Å²) in [6, 6.07) is 3.59. The normalized spacial score (nSPS) is 10.4. The number of thioether (sulfide) groups is 1. The first-order valence-corrected chi connectivity index (χ1v) is 6.27. The van der Waals surface area contributed by atoms with Crippen molar-refractivity contribution in [1.29, 1.82) is 0 Å². The Morgan fingerprint density at radius 2 is 2.42 bits per heavy atom. The van der Waals surface area contributed by atoms with E-state index in [2.05, 4.69) is 20.5 Å². The fourth-order valence-corrected chi connectivity index (χ4v) is 1.96. The molecule has 0 aliphatic rings. The van der Waals surface area contributed by atoms with Gasteiger partial charge in [-0.25, -0.2) is 9.67 Å². The van der Waals surface area contributed by atoms with Crippen molar-refractivity contribution in [2.45, 2.75) is 11.7 Å². The van der Waals surface area contributed by atoms with Gasteiger partial charge in [-0.2, -0.15) is 0 Å². The van der Waals surface area contributed by atoms with Crippen LogP contribution < -0.4 is 4.74 Å². The van der Waals surface area contributed by atoms with Gasteiger partial charge in [0.05, 0.1) is 19.4 Å². The van der Waals surface area contributed by atoms with Crippen molar-refractivity contribution < 1.29 is 14.6 Å². The summed E-state index contributed by atoms with van der Waals surface area (Å²) in [4.78, 5) is 14.5. The second-order valence-electron chi connectivity index (χ2n) is 3.51. The molecule has 1 N–H and O–H groups in total. The smallest absolute Gasteiger partial charge is 0.313 e. The van der Waals surface area contributed by atoms with Crippen LogP contribution in [0.25, 0.3) is 0 Å². The van der Waals surface area contributed by atoms with Crippen LogP contribution in [0.15, 0.2) is 23.5 Å². The van der Waals surface area contributed by atoms with Gasteiger partial charge in [0.2, 0.25) is 11.0 Å². The predicted molar refractivity (Wildman–Crippen MR) is 66.1 cm³/mol. The van der Waals surface area contributed by atoms with Gasteiger partial charge in [0.25, 0.3) is 0 Å². The zero-order chi connectivity index (χ0) is 13.7. The zero-order valence-electron chi connectivity index (χ0n) is 10.1. The quantitative estimate of drug-likeness (QED) is 0.754. The first-order valence-electron chi connectivity index (χ1n) is 5.28. The molecule has 100 valence electrons. The summed E-state index contributed by atoms with van der Waals surface area (Å²) in [6.45, 7) is 0.424. The summed E-state index contributed by atoms with van der Waals surface area (Å²) in [6.07, 6.45) is 1.63. The minimum Gasteiger partial charge on any atom is -0.481 e. The van der Waals surface area contributed by atoms with E-state index in [-0.39, 0.29) is 5.75 Å². The number of hydrogen-bond donors (Lipinski definition) is 1. The van der Waals surface area contributed by atoms with Crippen molar-refractivity contribution in [3.05, 3.63) is 23.9 Å². The number of rotatable bonds is 6. The third-order valence-corrected chi connectivity index (χ3v) is 3.11. The fraction of sp³-hybridized carbons (Fsp3) is 0.300. The Hall–Kier alpha value is -2.16. The van der Waals surface area contributed by atoms with E-state index in [1.54, 1.807) is 12.3 Å². The van der Waals surface area contributed by atoms with Crippen molar-refractivity contribution >= 4 is 17.7 Å². The van der Waals surface area contributed by atoms with Crippen LogP contribution in [0.4, 0.5) is 0 Å². The lowest BCUT2D eigenvalue weighted by Gasteiger charge is -2.05. The molecular formula is C10H11N5O3S. The molecule has 9 heteroatoms. The van der Waals surface area contributed by atoms with E-state index in [0.29, 0.717) is 17.6 Å². The molecule has 2 aromatic heterocycles. The van der Waals surface area contributed by atoms with Crippen LogP contribution in [0.3, 0.4) is 0 Å². The Morgan fingerprint density at radius 1 is 1.58 bits per heavy atom. The fourth-order valence-electron chi connectivity index (χ4n) is 1.36. The molecule has 0 saturated carbocycles. The van der Waals surface area contributed by atoms with Crippen molar-refractivity contribution in [1.82, 2.24) is 25.2 Å². The van der Waals surface area contributed by atoms with Gasteiger partial charge in [0.1, 0.15) is 0 Å². The molecule has 0 atom stereocenters. The number of nitrogens with zero attached hydrogens (tertiary/aromatic N) is 5. The zero-order valence-corrected chi connectivity index (χ0v) is 10.9. The molecule has 0 fully saturated rings. The van der Waals surface area contributed by atoms with Crippen LogP contribution in [-0.4, -0.2) is 49.1 Å². The molecule has 0 aromatic carbocycles. The molecule has 8 nitrogen and oxygen atoms in total. The molecule has 0 aliphatic carbocycles. The highest BCUT2D eigenvalue weighted by Gasteiger charge is 2.10. The molecule has 0 unspecified atom stereocenters. The lowest BCUT2D eigenvalue weighted by molar-refractivity contribution is -0.133. The minimum atomic E-state index is -0.912. The van der Waals surface area contributed by atoms with Gasteiger partial charge in [0.15, 0.2) is 0 Å². The Bertz CT molecular complexity index is 574. The summed E-state index contributed by atoms with van der Waals surface area (Å²) in [5, 5.41) is 20.2. The van der Waals surface area contributed by atoms with Gasteiger partial charge in [0, 0.05) is 12.3 Å². The number of pyridine rings is 1. The van der Waals surface area contributed by atoms with Crippen molar-refractivity contribution in [3.63, 3.8) is 0 Å². The summed E-state index contributed by atoms with van der Waals surface area (Å²) in [5.41, 5.74) is 0.913. The number of aromatic nitrogens is 5. The van der Waals surface area contributed by atoms with Crippen LogP contribution in [-0.2, 0) is 11.3 Å². The molecule has 0 bridgehead atoms. The van der Waals surface area contributed by atoms with Gasteiger partial charge in [-0.15, -0.1) is 5.10 Å². The maximum atomic E-state index is 10.5. The minimum absolute atomic E-state index is 0.0833. The number of aliphatic carboxylic acids is 1. The molecule has 0 saturated heterocycles. The highest BCUT2D eigenvalue weighted by atomic mass is 32.2. The number of carboxylic acid groups (broad SMARTS) is 1. The highest BCUT2D eigenvalue weighted by Crippen LogP contribution is 2.16. The van der Waals surface area contributed by atoms with Crippen LogP contribution in [0.1, 0.15) is 5.56 Å². The van der Waals surface area contributed by atoms with Gasteiger partial charge in [-0.3, -0.25) is 4.79 Å². The first kappa shape index (κ1) is 13.3. The first-order chi connectivity index (χ1) is 9.19. The van der Waals surface area contributed by atoms with E-state index < -0.39 is 5.97 Å². The van der Waals surface area contributed by atoms with Crippen molar-refractivity contribution in [3.8, 4) is 5.88 Å². The van der Waals surface area contributed by atoms with Crippen molar-refractivity contribution in [2.75, 3.05) is 12.9 Å². The Morgan fingerprint density at radius 3 is 3.16 bits per heavy atom. The number of methoxy groups -OCH3 is 1. The molecule has 0 aliphatic heterocycles. The average molecular weight is 281 g/mol. The Kier molecular flexibility index (Phi) is 4.29. The lowest BCUT2D eigenvalue weighted by Crippen LogP contribution is -2.06. The topological polar surface area (TPSA) is 103 Å². The number of carboxylic acids is 1. The monoisotopic (exact) mass is 281 g/mol. The molecule has 19 heavy (non-hydrogen) atoms. The third kappa shape index (κ3) is 3.65. The van der Waals surface area contributed by atoms with Gasteiger partial charge >= 0.3 is 5.97 Å². The predicted octanol–water partition coefficient (Wildman–Crippen LogP) is 0.302. The maximum absolute atomic E-state index is 10.5. The molecule has 0 radical (unpaired) electrons. The molecular weight excluding hydrogens is 270 g/mol. The van der Waals surface area contributed by atoms with Gasteiger partial charge < -0.3 is 9.84 Å². The second kappa shape index (κ2) is 6.14. The van der Waals surface area contributed by atoms with Crippen LogP contribution >= 0.6 is 11.8 Å². The average Bonchev–Trinajstić information content (AvgIpc) is 2.84. The molecule has 0 spiro atoms. The number of ether oxygens (including phenoxy) is 1. The summed E-state index contributed by atoms with van der Waals surface area (Å²) in [7, 11) is 1.54. The summed E-state index contributed by atoms with van der Waals surface area (Å²) >= 11 is 1.07. The van der Waals surface area contributed by atoms with Crippen LogP contribution in [0, 0.1) is 0 Å². The van der Waals surface area contributed by atoms with Crippen LogP contribution in [0.2, 0.25) is 0 Å². The second-order valence-corrected chi connectivity index (χ2v) is 4.45. The summed E-state index contributed by atoms with van der Waals surface area (Å²) < 4.78 is 6.56. The SMILES string of the molecule is COc1cc(Cn2nnnc2SCC(=O)O)ccn1. The Labute approximate surface area is 112 Å². The van der Waals surface area contributed by atoms with Crippen LogP contribution in [0.5, 0.6) is 5.88 Å². The van der Waals surface area contributed by atoms with Gasteiger partial charge in [-0.1, -0.05) is 11.8 Å². The number of tetrazole rings is 1. The lowest BCUT2D eigenvalue weighted by atomic mass is 10.3. The van der Waals surface area contributed by atoms with E-state index in [1.165, 1.54) is 11.8 Å². The van der Waals surface area contributed by atoms with Crippen molar-refractivity contribution in [2.24, 2.45) is 0 Å². The Balaban J connectivity index is 2.10. The largest absolute Gasteiger partial charge is 0.481 e. The number of hydrogen-bond acceptors (Lipinski definition) is 7. The molecule has 2 heterocycles. The van der Waals surface area contributed by atoms with E-state index in [0.717, 1.165) is 17.3 Å². The van der Waals surface area contributed by atoms with Gasteiger partial charge in [-0.05, 0) is 22.1 Å².